The van der Waals surface area contributed by atoms with E-state index in [-0.39, 0.29) is 18.1 Å². The molecule has 26 heavy (non-hydrogen) atoms. The molecule has 1 amide bonds. The summed E-state index contributed by atoms with van der Waals surface area (Å²) in [6.07, 6.45) is 0.747. The van der Waals surface area contributed by atoms with Crippen molar-refractivity contribution in [2.75, 3.05) is 5.32 Å². The first kappa shape index (κ1) is 16.4. The van der Waals surface area contributed by atoms with Gasteiger partial charge in [0.2, 0.25) is 5.91 Å². The lowest BCUT2D eigenvalue weighted by Gasteiger charge is -2.04. The van der Waals surface area contributed by atoms with Crippen molar-refractivity contribution in [3.8, 4) is 17.2 Å². The number of aromatic hydroxyl groups is 1. The SMILES string of the molecule is O=C(CCc1ccccc1O)Nc1nc(-c2cc3ccccc3o2)cs1. The van der Waals surface area contributed by atoms with Crippen molar-refractivity contribution in [3.05, 3.63) is 65.5 Å². The Morgan fingerprint density at radius 1 is 1.15 bits per heavy atom. The molecule has 2 N–H and O–H groups in total. The normalized spacial score (nSPS) is 10.9. The average molecular weight is 364 g/mol. The Morgan fingerprint density at radius 3 is 2.81 bits per heavy atom. The quantitative estimate of drug-likeness (QED) is 0.532. The first-order valence-electron chi connectivity index (χ1n) is 8.20. The number of aryl methyl sites for hydroxylation is 1. The van der Waals surface area contributed by atoms with E-state index >= 15 is 0 Å². The van der Waals surface area contributed by atoms with Crippen molar-refractivity contribution in [3.63, 3.8) is 0 Å². The molecule has 2 heterocycles. The molecule has 130 valence electrons. The molecule has 2 aromatic carbocycles. The Kier molecular flexibility index (Phi) is 4.41. The average Bonchev–Trinajstić information content (AvgIpc) is 3.27. The lowest BCUT2D eigenvalue weighted by molar-refractivity contribution is -0.116. The summed E-state index contributed by atoms with van der Waals surface area (Å²) in [6.45, 7) is 0. The van der Waals surface area contributed by atoms with Gasteiger partial charge >= 0.3 is 0 Å². The number of aromatic nitrogens is 1. The summed E-state index contributed by atoms with van der Waals surface area (Å²) in [4.78, 5) is 16.6. The molecule has 0 bridgehead atoms. The molecule has 4 aromatic rings. The monoisotopic (exact) mass is 364 g/mol. The minimum absolute atomic E-state index is 0.140. The Hall–Kier alpha value is -3.12. The number of thiazole rings is 1. The number of nitrogens with zero attached hydrogens (tertiary/aromatic N) is 1. The first-order valence-corrected chi connectivity index (χ1v) is 9.08. The molecule has 0 saturated carbocycles. The lowest BCUT2D eigenvalue weighted by atomic mass is 10.1. The molecule has 0 fully saturated rings. The molecular weight excluding hydrogens is 348 g/mol. The maximum absolute atomic E-state index is 12.1. The fourth-order valence-corrected chi connectivity index (χ4v) is 3.42. The molecule has 0 aliphatic carbocycles. The number of benzene rings is 2. The second-order valence-electron chi connectivity index (χ2n) is 5.86. The van der Waals surface area contributed by atoms with Crippen LogP contribution < -0.4 is 5.32 Å². The molecule has 0 spiro atoms. The number of amides is 1. The number of para-hydroxylation sites is 2. The topological polar surface area (TPSA) is 75.4 Å². The molecule has 4 rings (SSSR count). The maximum Gasteiger partial charge on any atom is 0.226 e. The maximum atomic E-state index is 12.1. The van der Waals surface area contributed by atoms with Gasteiger partial charge in [-0.05, 0) is 30.2 Å². The van der Waals surface area contributed by atoms with Crippen LogP contribution in [0.15, 0.2) is 64.4 Å². The molecule has 2 aromatic heterocycles. The van der Waals surface area contributed by atoms with Gasteiger partial charge in [0, 0.05) is 17.2 Å². The number of fused-ring (bicyclic) bond motifs is 1. The minimum Gasteiger partial charge on any atom is -0.508 e. The third-order valence-corrected chi connectivity index (χ3v) is 4.80. The standard InChI is InChI=1S/C20H16N2O3S/c23-16-7-3-1-5-13(16)9-10-19(24)22-20-21-15(12-26-20)18-11-14-6-2-4-8-17(14)25-18/h1-8,11-12,23H,9-10H2,(H,21,22,24). The number of hydrogen-bond donors (Lipinski definition) is 2. The van der Waals surface area contributed by atoms with Gasteiger partial charge in [-0.2, -0.15) is 0 Å². The number of phenols is 1. The molecule has 6 heteroatoms. The highest BCUT2D eigenvalue weighted by atomic mass is 32.1. The van der Waals surface area contributed by atoms with Crippen LogP contribution in [0, 0.1) is 0 Å². The van der Waals surface area contributed by atoms with Gasteiger partial charge in [-0.1, -0.05) is 36.4 Å². The molecule has 0 aliphatic heterocycles. The summed E-state index contributed by atoms with van der Waals surface area (Å²) in [6, 6.07) is 16.7. The summed E-state index contributed by atoms with van der Waals surface area (Å²) in [5.74, 6) is 0.748. The summed E-state index contributed by atoms with van der Waals surface area (Å²) >= 11 is 1.36. The third kappa shape index (κ3) is 3.45. The molecule has 0 radical (unpaired) electrons. The third-order valence-electron chi connectivity index (χ3n) is 4.04. The van der Waals surface area contributed by atoms with Crippen LogP contribution in [0.3, 0.4) is 0 Å². The second-order valence-corrected chi connectivity index (χ2v) is 6.72. The molecule has 5 nitrogen and oxygen atoms in total. The Balaban J connectivity index is 1.41. The zero-order valence-electron chi connectivity index (χ0n) is 13.8. The van der Waals surface area contributed by atoms with Gasteiger partial charge in [0.05, 0.1) is 0 Å². The number of furan rings is 1. The van der Waals surface area contributed by atoms with Crippen LogP contribution in [0.4, 0.5) is 5.13 Å². The van der Waals surface area contributed by atoms with Gasteiger partial charge in [0.15, 0.2) is 10.9 Å². The molecule has 0 aliphatic rings. The Morgan fingerprint density at radius 2 is 1.96 bits per heavy atom. The van der Waals surface area contributed by atoms with Crippen LogP contribution in [-0.4, -0.2) is 16.0 Å². The van der Waals surface area contributed by atoms with Crippen molar-refractivity contribution in [2.24, 2.45) is 0 Å². The number of rotatable bonds is 5. The number of carbonyl (C=O) groups is 1. The van der Waals surface area contributed by atoms with Crippen LogP contribution in [0.5, 0.6) is 5.75 Å². The largest absolute Gasteiger partial charge is 0.508 e. The number of hydrogen-bond acceptors (Lipinski definition) is 5. The highest BCUT2D eigenvalue weighted by Gasteiger charge is 2.12. The van der Waals surface area contributed by atoms with E-state index in [0.717, 1.165) is 16.5 Å². The Labute approximate surface area is 153 Å². The highest BCUT2D eigenvalue weighted by molar-refractivity contribution is 7.14. The second kappa shape index (κ2) is 7.01. The van der Waals surface area contributed by atoms with E-state index in [1.54, 1.807) is 12.1 Å². The van der Waals surface area contributed by atoms with Crippen molar-refractivity contribution in [1.29, 1.82) is 0 Å². The van der Waals surface area contributed by atoms with Gasteiger partial charge in [0.25, 0.3) is 0 Å². The van der Waals surface area contributed by atoms with E-state index in [9.17, 15) is 9.90 Å². The van der Waals surface area contributed by atoms with Crippen LogP contribution in [0.25, 0.3) is 22.4 Å². The number of nitrogens with one attached hydrogen (secondary N) is 1. The smallest absolute Gasteiger partial charge is 0.226 e. The van der Waals surface area contributed by atoms with E-state index < -0.39 is 0 Å². The zero-order chi connectivity index (χ0) is 17.9. The predicted molar refractivity (Wildman–Crippen MR) is 102 cm³/mol. The van der Waals surface area contributed by atoms with E-state index in [1.165, 1.54) is 11.3 Å². The van der Waals surface area contributed by atoms with Gasteiger partial charge in [-0.25, -0.2) is 4.98 Å². The van der Waals surface area contributed by atoms with Gasteiger partial charge in [0.1, 0.15) is 17.0 Å². The highest BCUT2D eigenvalue weighted by Crippen LogP contribution is 2.30. The van der Waals surface area contributed by atoms with Crippen molar-refractivity contribution < 1.29 is 14.3 Å². The van der Waals surface area contributed by atoms with Crippen LogP contribution in [0.1, 0.15) is 12.0 Å². The molecule has 0 saturated heterocycles. The zero-order valence-corrected chi connectivity index (χ0v) is 14.6. The summed E-state index contributed by atoms with van der Waals surface area (Å²) in [5.41, 5.74) is 2.26. The Bertz CT molecular complexity index is 1030. The number of phenolic OH excluding ortho intramolecular Hbond substituents is 1. The number of carbonyl (C=O) groups excluding carboxylic acids is 1. The molecule has 0 atom stereocenters. The van der Waals surface area contributed by atoms with E-state index in [2.05, 4.69) is 10.3 Å². The predicted octanol–water partition coefficient (Wildman–Crippen LogP) is 4.83. The lowest BCUT2D eigenvalue weighted by Crippen LogP contribution is -2.12. The van der Waals surface area contributed by atoms with Gasteiger partial charge in [-0.3, -0.25) is 4.79 Å². The van der Waals surface area contributed by atoms with Crippen molar-refractivity contribution >= 4 is 33.3 Å². The van der Waals surface area contributed by atoms with E-state index in [1.807, 2.05) is 47.8 Å². The van der Waals surface area contributed by atoms with E-state index in [4.69, 9.17) is 4.42 Å². The van der Waals surface area contributed by atoms with Crippen LogP contribution in [0.2, 0.25) is 0 Å². The summed E-state index contributed by atoms with van der Waals surface area (Å²) in [7, 11) is 0. The van der Waals surface area contributed by atoms with Crippen molar-refractivity contribution in [2.45, 2.75) is 12.8 Å². The van der Waals surface area contributed by atoms with Crippen LogP contribution in [-0.2, 0) is 11.2 Å². The molecular formula is C20H16N2O3S. The van der Waals surface area contributed by atoms with Crippen molar-refractivity contribution in [1.82, 2.24) is 4.98 Å². The molecule has 0 unspecified atom stereocenters. The fraction of sp³-hybridized carbons (Fsp3) is 0.100. The summed E-state index contributed by atoms with van der Waals surface area (Å²) < 4.78 is 5.79. The van der Waals surface area contributed by atoms with Crippen LogP contribution >= 0.6 is 11.3 Å². The number of anilines is 1. The summed E-state index contributed by atoms with van der Waals surface area (Å²) in [5, 5.41) is 16.0. The van der Waals surface area contributed by atoms with E-state index in [0.29, 0.717) is 23.0 Å². The minimum atomic E-state index is -0.140. The first-order chi connectivity index (χ1) is 12.7. The van der Waals surface area contributed by atoms with Gasteiger partial charge in [-0.15, -0.1) is 11.3 Å². The fourth-order valence-electron chi connectivity index (χ4n) is 2.70. The van der Waals surface area contributed by atoms with Gasteiger partial charge < -0.3 is 14.8 Å².